The molecule has 0 bridgehead atoms. The normalized spacial score (nSPS) is 12.3. The van der Waals surface area contributed by atoms with Crippen molar-refractivity contribution < 1.29 is 5.11 Å². The molecule has 0 saturated heterocycles. The molecule has 112 valence electrons. The molecule has 1 unspecified atom stereocenters. The summed E-state index contributed by atoms with van der Waals surface area (Å²) < 4.78 is 0. The molecule has 1 atom stereocenters. The van der Waals surface area contributed by atoms with E-state index >= 15 is 0 Å². The van der Waals surface area contributed by atoms with Gasteiger partial charge < -0.3 is 15.8 Å². The first-order valence-electron chi connectivity index (χ1n) is 6.85. The Kier molecular flexibility index (Phi) is 5.41. The van der Waals surface area contributed by atoms with E-state index in [0.29, 0.717) is 22.2 Å². The number of nitrogens with two attached hydrogens (primary N) is 1. The van der Waals surface area contributed by atoms with Crippen molar-refractivity contribution in [1.82, 2.24) is 9.97 Å². The Bertz CT molecular complexity index is 657. The van der Waals surface area contributed by atoms with E-state index < -0.39 is 6.10 Å². The van der Waals surface area contributed by atoms with Crippen LogP contribution in [0.25, 0.3) is 0 Å². The van der Waals surface area contributed by atoms with Crippen LogP contribution in [0.1, 0.15) is 30.7 Å². The molecule has 6 heteroatoms. The number of hydrogen-bond acceptors (Lipinski definition) is 5. The van der Waals surface area contributed by atoms with Gasteiger partial charge in [0.05, 0.1) is 6.10 Å². The Labute approximate surface area is 127 Å². The third-order valence-electron chi connectivity index (χ3n) is 3.01. The van der Waals surface area contributed by atoms with Gasteiger partial charge in [0.15, 0.2) is 5.16 Å². The third-order valence-corrected chi connectivity index (χ3v) is 3.96. The Balaban J connectivity index is 2.06. The number of nitrogen functional groups attached to an aromatic ring is 1. The highest BCUT2D eigenvalue weighted by molar-refractivity contribution is 7.99. The molecule has 1 aromatic heterocycles. The number of hydrogen-bond donors (Lipinski definition) is 3. The lowest BCUT2D eigenvalue weighted by molar-refractivity contribution is 0.205. The van der Waals surface area contributed by atoms with Gasteiger partial charge in [-0.15, -0.1) is 0 Å². The monoisotopic (exact) mass is 305 g/mol. The number of thioether (sulfide) groups is 1. The minimum Gasteiger partial charge on any atom is -0.398 e. The number of aryl methyl sites for hydroxylation is 1. The second-order valence-corrected chi connectivity index (χ2v) is 5.76. The number of rotatable bonds is 6. The number of nitrogens with zero attached hydrogens (tertiary/aromatic N) is 1. The Morgan fingerprint density at radius 3 is 2.90 bits per heavy atom. The molecule has 0 aliphatic heterocycles. The summed E-state index contributed by atoms with van der Waals surface area (Å²) in [5.41, 5.74) is 7.70. The maximum atomic E-state index is 11.6. The summed E-state index contributed by atoms with van der Waals surface area (Å²) in [6.07, 6.45) is 1.01. The maximum absolute atomic E-state index is 11.6. The standard InChI is InChI=1S/C15H19N3O2S/c1-2-5-10-8-14(20)18-15(17-10)21-9-13(19)11-6-3-4-7-12(11)16/h3-4,6-8,13,19H,2,5,9,16H2,1H3,(H,17,18,20). The number of nitrogens with one attached hydrogen (secondary N) is 1. The van der Waals surface area contributed by atoms with Crippen LogP contribution in [-0.4, -0.2) is 20.8 Å². The van der Waals surface area contributed by atoms with E-state index in [2.05, 4.69) is 9.97 Å². The van der Waals surface area contributed by atoms with Crippen LogP contribution >= 0.6 is 11.8 Å². The molecule has 0 aliphatic carbocycles. The van der Waals surface area contributed by atoms with Crippen molar-refractivity contribution in [2.45, 2.75) is 31.0 Å². The van der Waals surface area contributed by atoms with Crippen LogP contribution in [0.2, 0.25) is 0 Å². The molecular formula is C15H19N3O2S. The molecule has 1 heterocycles. The topological polar surface area (TPSA) is 92.0 Å². The number of aromatic nitrogens is 2. The lowest BCUT2D eigenvalue weighted by Gasteiger charge is -2.12. The van der Waals surface area contributed by atoms with Crippen molar-refractivity contribution in [3.8, 4) is 0 Å². The number of anilines is 1. The zero-order valence-electron chi connectivity index (χ0n) is 11.9. The van der Waals surface area contributed by atoms with E-state index in [-0.39, 0.29) is 5.56 Å². The quantitative estimate of drug-likeness (QED) is 0.432. The van der Waals surface area contributed by atoms with E-state index in [1.807, 2.05) is 19.1 Å². The highest BCUT2D eigenvalue weighted by atomic mass is 32.2. The van der Waals surface area contributed by atoms with Gasteiger partial charge >= 0.3 is 0 Å². The molecule has 4 N–H and O–H groups in total. The molecular weight excluding hydrogens is 286 g/mol. The predicted octanol–water partition coefficient (Wildman–Crippen LogP) is 2.13. The Morgan fingerprint density at radius 2 is 2.19 bits per heavy atom. The van der Waals surface area contributed by atoms with Gasteiger partial charge in [-0.25, -0.2) is 4.98 Å². The molecule has 0 amide bonds. The average Bonchev–Trinajstić information content (AvgIpc) is 2.45. The smallest absolute Gasteiger partial charge is 0.251 e. The molecule has 21 heavy (non-hydrogen) atoms. The number of H-pyrrole nitrogens is 1. The van der Waals surface area contributed by atoms with Gasteiger partial charge in [-0.05, 0) is 12.5 Å². The van der Waals surface area contributed by atoms with Gasteiger partial charge in [0.25, 0.3) is 5.56 Å². The van der Waals surface area contributed by atoms with E-state index in [1.54, 1.807) is 12.1 Å². The predicted molar refractivity (Wildman–Crippen MR) is 85.4 cm³/mol. The summed E-state index contributed by atoms with van der Waals surface area (Å²) in [4.78, 5) is 18.6. The van der Waals surface area contributed by atoms with Gasteiger partial charge in [0.2, 0.25) is 0 Å². The van der Waals surface area contributed by atoms with Gasteiger partial charge in [0, 0.05) is 28.8 Å². The summed E-state index contributed by atoms with van der Waals surface area (Å²) in [7, 11) is 0. The van der Waals surface area contributed by atoms with Gasteiger partial charge in [-0.3, -0.25) is 4.79 Å². The number of para-hydroxylation sites is 1. The summed E-state index contributed by atoms with van der Waals surface area (Å²) in [6.45, 7) is 2.04. The fourth-order valence-electron chi connectivity index (χ4n) is 2.00. The maximum Gasteiger partial charge on any atom is 0.251 e. The first-order chi connectivity index (χ1) is 10.1. The lowest BCUT2D eigenvalue weighted by Crippen LogP contribution is -2.11. The zero-order valence-corrected chi connectivity index (χ0v) is 12.7. The molecule has 0 saturated carbocycles. The van der Waals surface area contributed by atoms with Crippen LogP contribution in [0.3, 0.4) is 0 Å². The molecule has 2 aromatic rings. The lowest BCUT2D eigenvalue weighted by atomic mass is 10.1. The molecule has 2 rings (SSSR count). The van der Waals surface area contributed by atoms with E-state index in [0.717, 1.165) is 18.5 Å². The van der Waals surface area contributed by atoms with Gasteiger partial charge in [-0.1, -0.05) is 43.3 Å². The van der Waals surface area contributed by atoms with Crippen LogP contribution in [-0.2, 0) is 6.42 Å². The average molecular weight is 305 g/mol. The molecule has 1 aromatic carbocycles. The SMILES string of the molecule is CCCc1cc(=O)[nH]c(SCC(O)c2ccccc2N)n1. The Morgan fingerprint density at radius 1 is 1.43 bits per heavy atom. The third kappa shape index (κ3) is 4.34. The van der Waals surface area contributed by atoms with E-state index in [9.17, 15) is 9.90 Å². The van der Waals surface area contributed by atoms with Crippen LogP contribution in [0, 0.1) is 0 Å². The number of aromatic amines is 1. The van der Waals surface area contributed by atoms with Crippen LogP contribution in [0.4, 0.5) is 5.69 Å². The van der Waals surface area contributed by atoms with Crippen LogP contribution in [0.5, 0.6) is 0 Å². The number of benzene rings is 1. The van der Waals surface area contributed by atoms with Crippen LogP contribution in [0.15, 0.2) is 40.3 Å². The molecule has 0 aliphatic rings. The van der Waals surface area contributed by atoms with Crippen molar-refractivity contribution in [2.75, 3.05) is 11.5 Å². The molecule has 0 fully saturated rings. The fourth-order valence-corrected chi connectivity index (χ4v) is 2.85. The van der Waals surface area contributed by atoms with Crippen molar-refractivity contribution >= 4 is 17.4 Å². The fraction of sp³-hybridized carbons (Fsp3) is 0.333. The summed E-state index contributed by atoms with van der Waals surface area (Å²) in [6, 6.07) is 8.72. The number of aliphatic hydroxyl groups is 1. The zero-order chi connectivity index (χ0) is 15.2. The van der Waals surface area contributed by atoms with Crippen molar-refractivity contribution in [3.63, 3.8) is 0 Å². The second-order valence-electron chi connectivity index (χ2n) is 4.75. The second kappa shape index (κ2) is 7.28. The van der Waals surface area contributed by atoms with Crippen molar-refractivity contribution in [3.05, 3.63) is 51.9 Å². The molecule has 0 spiro atoms. The van der Waals surface area contributed by atoms with E-state index in [1.165, 1.54) is 17.8 Å². The van der Waals surface area contributed by atoms with E-state index in [4.69, 9.17) is 5.73 Å². The number of aliphatic hydroxyl groups excluding tert-OH is 1. The van der Waals surface area contributed by atoms with Gasteiger partial charge in [0.1, 0.15) is 0 Å². The van der Waals surface area contributed by atoms with Crippen molar-refractivity contribution in [1.29, 1.82) is 0 Å². The van der Waals surface area contributed by atoms with Crippen LogP contribution < -0.4 is 11.3 Å². The minimum atomic E-state index is -0.698. The largest absolute Gasteiger partial charge is 0.398 e. The highest BCUT2D eigenvalue weighted by Crippen LogP contribution is 2.25. The molecule has 5 nitrogen and oxygen atoms in total. The van der Waals surface area contributed by atoms with Gasteiger partial charge in [-0.2, -0.15) is 0 Å². The summed E-state index contributed by atoms with van der Waals surface area (Å²) in [5, 5.41) is 10.7. The highest BCUT2D eigenvalue weighted by Gasteiger charge is 2.12. The minimum absolute atomic E-state index is 0.162. The first kappa shape index (κ1) is 15.6. The first-order valence-corrected chi connectivity index (χ1v) is 7.84. The molecule has 0 radical (unpaired) electrons. The summed E-state index contributed by atoms with van der Waals surface area (Å²) in [5.74, 6) is 0.382. The Hall–Kier alpha value is -1.79. The summed E-state index contributed by atoms with van der Waals surface area (Å²) >= 11 is 1.31. The van der Waals surface area contributed by atoms with Crippen molar-refractivity contribution in [2.24, 2.45) is 0 Å².